The SMILES string of the molecule is CCCN(CCCCN1CCCCC1=O)C(C)Cc1ccc(Cl)cc1. The first-order valence-corrected chi connectivity index (χ1v) is 10.2. The van der Waals surface area contributed by atoms with Crippen LogP contribution in [0.2, 0.25) is 5.02 Å². The van der Waals surface area contributed by atoms with Crippen molar-refractivity contribution in [3.05, 3.63) is 34.9 Å². The molecule has 1 heterocycles. The summed E-state index contributed by atoms with van der Waals surface area (Å²) in [5.74, 6) is 0.354. The van der Waals surface area contributed by atoms with Crippen LogP contribution in [0.15, 0.2) is 24.3 Å². The van der Waals surface area contributed by atoms with E-state index in [9.17, 15) is 4.79 Å². The van der Waals surface area contributed by atoms with Gasteiger partial charge in [0.1, 0.15) is 0 Å². The summed E-state index contributed by atoms with van der Waals surface area (Å²) in [6, 6.07) is 8.74. The van der Waals surface area contributed by atoms with E-state index in [4.69, 9.17) is 11.6 Å². The Morgan fingerprint density at radius 1 is 1.16 bits per heavy atom. The Labute approximate surface area is 158 Å². The van der Waals surface area contributed by atoms with Gasteiger partial charge >= 0.3 is 0 Å². The zero-order chi connectivity index (χ0) is 18.1. The zero-order valence-corrected chi connectivity index (χ0v) is 16.6. The number of halogens is 1. The summed E-state index contributed by atoms with van der Waals surface area (Å²) in [5, 5.41) is 0.800. The van der Waals surface area contributed by atoms with Gasteiger partial charge in [-0.05, 0) is 76.2 Å². The molecular weight excluding hydrogens is 332 g/mol. The van der Waals surface area contributed by atoms with Crippen LogP contribution in [-0.2, 0) is 11.2 Å². The summed E-state index contributed by atoms with van der Waals surface area (Å²) in [6.07, 6.45) is 7.50. The van der Waals surface area contributed by atoms with Gasteiger partial charge < -0.3 is 9.80 Å². The maximum Gasteiger partial charge on any atom is 0.222 e. The quantitative estimate of drug-likeness (QED) is 0.558. The van der Waals surface area contributed by atoms with Crippen molar-refractivity contribution in [2.75, 3.05) is 26.2 Å². The van der Waals surface area contributed by atoms with Crippen LogP contribution in [0.25, 0.3) is 0 Å². The van der Waals surface area contributed by atoms with Gasteiger partial charge in [0.05, 0.1) is 0 Å². The van der Waals surface area contributed by atoms with E-state index in [-0.39, 0.29) is 0 Å². The molecule has 4 heteroatoms. The molecule has 0 N–H and O–H groups in total. The first kappa shape index (κ1) is 20.3. The van der Waals surface area contributed by atoms with Crippen LogP contribution in [0.1, 0.15) is 57.9 Å². The smallest absolute Gasteiger partial charge is 0.222 e. The first-order chi connectivity index (χ1) is 12.1. The van der Waals surface area contributed by atoms with Gasteiger partial charge in [0.15, 0.2) is 0 Å². The number of hydrogen-bond acceptors (Lipinski definition) is 2. The zero-order valence-electron chi connectivity index (χ0n) is 15.8. The summed E-state index contributed by atoms with van der Waals surface area (Å²) in [4.78, 5) is 16.5. The second-order valence-electron chi connectivity index (χ2n) is 7.26. The average Bonchev–Trinajstić information content (AvgIpc) is 2.61. The minimum atomic E-state index is 0.354. The van der Waals surface area contributed by atoms with Crippen molar-refractivity contribution in [1.82, 2.24) is 9.80 Å². The van der Waals surface area contributed by atoms with E-state index in [1.807, 2.05) is 12.1 Å². The molecule has 0 radical (unpaired) electrons. The molecule has 0 saturated carbocycles. The Morgan fingerprint density at radius 3 is 2.60 bits per heavy atom. The number of piperidine rings is 1. The lowest BCUT2D eigenvalue weighted by atomic mass is 10.1. The summed E-state index contributed by atoms with van der Waals surface area (Å²) >= 11 is 5.98. The van der Waals surface area contributed by atoms with Gasteiger partial charge in [-0.3, -0.25) is 4.79 Å². The molecule has 3 nitrogen and oxygen atoms in total. The first-order valence-electron chi connectivity index (χ1n) is 9.86. The Balaban J connectivity index is 1.74. The van der Waals surface area contributed by atoms with Gasteiger partial charge in [-0.15, -0.1) is 0 Å². The number of rotatable bonds is 10. The van der Waals surface area contributed by atoms with Crippen molar-refractivity contribution in [1.29, 1.82) is 0 Å². The third-order valence-corrected chi connectivity index (χ3v) is 5.38. The number of unbranched alkanes of at least 4 members (excludes halogenated alkanes) is 1. The number of likely N-dealkylation sites (tertiary alicyclic amines) is 1. The van der Waals surface area contributed by atoms with E-state index in [1.54, 1.807) is 0 Å². The van der Waals surface area contributed by atoms with E-state index in [0.717, 1.165) is 63.3 Å². The minimum Gasteiger partial charge on any atom is -0.343 e. The predicted molar refractivity (Wildman–Crippen MR) is 106 cm³/mol. The number of benzene rings is 1. The van der Waals surface area contributed by atoms with Crippen molar-refractivity contribution in [3.8, 4) is 0 Å². The molecule has 25 heavy (non-hydrogen) atoms. The van der Waals surface area contributed by atoms with Crippen LogP contribution < -0.4 is 0 Å². The average molecular weight is 365 g/mol. The second kappa shape index (κ2) is 10.8. The van der Waals surface area contributed by atoms with Crippen LogP contribution in [0.4, 0.5) is 0 Å². The van der Waals surface area contributed by atoms with Gasteiger partial charge in [-0.25, -0.2) is 0 Å². The third-order valence-electron chi connectivity index (χ3n) is 5.12. The molecule has 1 aliphatic rings. The minimum absolute atomic E-state index is 0.354. The van der Waals surface area contributed by atoms with Gasteiger partial charge in [0.25, 0.3) is 0 Å². The molecule has 0 aliphatic carbocycles. The Bertz CT molecular complexity index is 517. The molecule has 1 fully saturated rings. The standard InChI is InChI=1S/C21H33ClN2O/c1-3-13-23(18(2)17-19-9-11-20(22)12-10-19)14-6-7-16-24-15-5-4-8-21(24)25/h9-12,18H,3-8,13-17H2,1-2H3. The molecule has 0 spiro atoms. The highest BCUT2D eigenvalue weighted by atomic mass is 35.5. The number of nitrogens with zero attached hydrogens (tertiary/aromatic N) is 2. The lowest BCUT2D eigenvalue weighted by Gasteiger charge is -2.30. The van der Waals surface area contributed by atoms with Gasteiger partial charge in [-0.1, -0.05) is 30.7 Å². The number of amides is 1. The molecule has 1 saturated heterocycles. The lowest BCUT2D eigenvalue weighted by Crippen LogP contribution is -2.38. The number of carbonyl (C=O) groups excluding carboxylic acids is 1. The van der Waals surface area contributed by atoms with Crippen LogP contribution in [0.3, 0.4) is 0 Å². The Morgan fingerprint density at radius 2 is 1.92 bits per heavy atom. The molecule has 1 aliphatic heterocycles. The number of carbonyl (C=O) groups is 1. The van der Waals surface area contributed by atoms with Crippen LogP contribution >= 0.6 is 11.6 Å². The Hall–Kier alpha value is -1.06. The predicted octanol–water partition coefficient (Wildman–Crippen LogP) is 4.78. The lowest BCUT2D eigenvalue weighted by molar-refractivity contribution is -0.133. The van der Waals surface area contributed by atoms with Crippen molar-refractivity contribution in [2.24, 2.45) is 0 Å². The number of hydrogen-bond donors (Lipinski definition) is 0. The molecule has 1 atom stereocenters. The second-order valence-corrected chi connectivity index (χ2v) is 7.70. The summed E-state index contributed by atoms with van der Waals surface area (Å²) in [5.41, 5.74) is 1.34. The van der Waals surface area contributed by atoms with E-state index in [1.165, 1.54) is 18.4 Å². The molecule has 1 aromatic carbocycles. The summed E-state index contributed by atoms with van der Waals surface area (Å²) in [7, 11) is 0. The normalized spacial score (nSPS) is 16.5. The van der Waals surface area contributed by atoms with E-state index in [0.29, 0.717) is 11.9 Å². The van der Waals surface area contributed by atoms with E-state index < -0.39 is 0 Å². The largest absolute Gasteiger partial charge is 0.343 e. The summed E-state index contributed by atoms with van der Waals surface area (Å²) in [6.45, 7) is 8.71. The molecule has 0 aromatic heterocycles. The van der Waals surface area contributed by atoms with Gasteiger partial charge in [0, 0.05) is 30.6 Å². The molecule has 1 aromatic rings. The summed E-state index contributed by atoms with van der Waals surface area (Å²) < 4.78 is 0. The van der Waals surface area contributed by atoms with E-state index >= 15 is 0 Å². The molecular formula is C21H33ClN2O. The van der Waals surface area contributed by atoms with Crippen molar-refractivity contribution in [3.63, 3.8) is 0 Å². The van der Waals surface area contributed by atoms with Crippen molar-refractivity contribution < 1.29 is 4.79 Å². The van der Waals surface area contributed by atoms with E-state index in [2.05, 4.69) is 35.8 Å². The fraction of sp³-hybridized carbons (Fsp3) is 0.667. The monoisotopic (exact) mass is 364 g/mol. The Kier molecular flexibility index (Phi) is 8.77. The fourth-order valence-corrected chi connectivity index (χ4v) is 3.77. The van der Waals surface area contributed by atoms with Gasteiger partial charge in [0.2, 0.25) is 5.91 Å². The maximum atomic E-state index is 11.9. The third kappa shape index (κ3) is 6.99. The highest BCUT2D eigenvalue weighted by Gasteiger charge is 2.18. The van der Waals surface area contributed by atoms with Gasteiger partial charge in [-0.2, -0.15) is 0 Å². The van der Waals surface area contributed by atoms with Crippen molar-refractivity contribution in [2.45, 2.75) is 64.8 Å². The van der Waals surface area contributed by atoms with Crippen LogP contribution in [0, 0.1) is 0 Å². The molecule has 140 valence electrons. The fourth-order valence-electron chi connectivity index (χ4n) is 3.65. The van der Waals surface area contributed by atoms with Crippen LogP contribution in [0.5, 0.6) is 0 Å². The maximum absolute atomic E-state index is 11.9. The highest BCUT2D eigenvalue weighted by molar-refractivity contribution is 6.30. The molecule has 1 unspecified atom stereocenters. The molecule has 0 bridgehead atoms. The molecule has 1 amide bonds. The highest BCUT2D eigenvalue weighted by Crippen LogP contribution is 2.15. The van der Waals surface area contributed by atoms with Crippen LogP contribution in [-0.4, -0.2) is 47.9 Å². The topological polar surface area (TPSA) is 23.6 Å². The van der Waals surface area contributed by atoms with Crippen molar-refractivity contribution >= 4 is 17.5 Å². The molecule has 2 rings (SSSR count).